The topological polar surface area (TPSA) is 63.3 Å². The van der Waals surface area contributed by atoms with Gasteiger partial charge in [0.05, 0.1) is 11.1 Å². The van der Waals surface area contributed by atoms with Crippen LogP contribution in [0.1, 0.15) is 21.5 Å². The summed E-state index contributed by atoms with van der Waals surface area (Å²) in [6.45, 7) is 3.96. The van der Waals surface area contributed by atoms with Crippen molar-refractivity contribution in [1.82, 2.24) is 4.98 Å². The van der Waals surface area contributed by atoms with Gasteiger partial charge in [0.25, 0.3) is 0 Å². The monoisotopic (exact) mass is 343 g/mol. The minimum Gasteiger partial charge on any atom is -0.478 e. The van der Waals surface area contributed by atoms with E-state index in [2.05, 4.69) is 4.98 Å². The van der Waals surface area contributed by atoms with Crippen molar-refractivity contribution in [2.24, 2.45) is 0 Å². The highest BCUT2D eigenvalue weighted by Gasteiger charge is 2.15. The predicted octanol–water partition coefficient (Wildman–Crippen LogP) is 5.48. The number of hydrogen-bond acceptors (Lipinski definition) is 3. The maximum absolute atomic E-state index is 11.7. The van der Waals surface area contributed by atoms with Crippen LogP contribution >= 0.6 is 0 Å². The van der Waals surface area contributed by atoms with Crippen LogP contribution < -0.4 is 0 Å². The van der Waals surface area contributed by atoms with Gasteiger partial charge < -0.3 is 9.52 Å². The quantitative estimate of drug-likeness (QED) is 0.535. The highest BCUT2D eigenvalue weighted by Crippen LogP contribution is 2.30. The average Bonchev–Trinajstić information content (AvgIpc) is 3.11. The summed E-state index contributed by atoms with van der Waals surface area (Å²) in [6, 6.07) is 18.9. The van der Waals surface area contributed by atoms with Gasteiger partial charge in [0.1, 0.15) is 11.5 Å². The maximum Gasteiger partial charge on any atom is 0.336 e. The molecule has 0 saturated carbocycles. The standard InChI is InChI=1S/C22H17NO3/c1-13-4-3-5-15(10-13)20-8-9-21(26-20)19-12-17(22(24)25)16-11-14(2)6-7-18(16)23-19/h3-12H,1-2H3,(H,24,25). The number of carboxylic acids is 1. The van der Waals surface area contributed by atoms with Crippen molar-refractivity contribution in [3.8, 4) is 22.8 Å². The number of hydrogen-bond donors (Lipinski definition) is 1. The summed E-state index contributed by atoms with van der Waals surface area (Å²) in [5.74, 6) is 0.299. The molecule has 4 heteroatoms. The SMILES string of the molecule is Cc1cccc(-c2ccc(-c3cc(C(=O)O)c4cc(C)ccc4n3)o2)c1. The van der Waals surface area contributed by atoms with Gasteiger partial charge in [-0.25, -0.2) is 9.78 Å². The zero-order chi connectivity index (χ0) is 18.3. The highest BCUT2D eigenvalue weighted by molar-refractivity contribution is 6.03. The fraction of sp³-hybridized carbons (Fsp3) is 0.0909. The minimum atomic E-state index is -0.977. The molecule has 1 N–H and O–H groups in total. The van der Waals surface area contributed by atoms with E-state index in [1.807, 2.05) is 68.4 Å². The largest absolute Gasteiger partial charge is 0.478 e. The van der Waals surface area contributed by atoms with Gasteiger partial charge in [-0.3, -0.25) is 0 Å². The smallest absolute Gasteiger partial charge is 0.336 e. The Morgan fingerprint density at radius 1 is 0.923 bits per heavy atom. The van der Waals surface area contributed by atoms with Crippen molar-refractivity contribution in [2.45, 2.75) is 13.8 Å². The Balaban J connectivity index is 1.85. The molecule has 4 aromatic rings. The number of nitrogens with zero attached hydrogens (tertiary/aromatic N) is 1. The molecule has 0 atom stereocenters. The Morgan fingerprint density at radius 3 is 2.46 bits per heavy atom. The molecule has 0 amide bonds. The third-order valence-corrected chi connectivity index (χ3v) is 4.36. The molecule has 0 spiro atoms. The molecule has 0 aliphatic heterocycles. The van der Waals surface area contributed by atoms with Gasteiger partial charge in [-0.1, -0.05) is 35.4 Å². The number of aromatic carboxylic acids is 1. The molecule has 4 rings (SSSR count). The first-order chi connectivity index (χ1) is 12.5. The van der Waals surface area contributed by atoms with E-state index < -0.39 is 5.97 Å². The molecule has 26 heavy (non-hydrogen) atoms. The summed E-state index contributed by atoms with van der Waals surface area (Å²) in [5.41, 5.74) is 4.49. The second-order valence-electron chi connectivity index (χ2n) is 6.41. The van der Waals surface area contributed by atoms with Crippen molar-refractivity contribution >= 4 is 16.9 Å². The maximum atomic E-state index is 11.7. The summed E-state index contributed by atoms with van der Waals surface area (Å²) in [4.78, 5) is 16.3. The second-order valence-corrected chi connectivity index (χ2v) is 6.41. The van der Waals surface area contributed by atoms with Gasteiger partial charge in [-0.2, -0.15) is 0 Å². The molecule has 128 valence electrons. The molecule has 0 radical (unpaired) electrons. The average molecular weight is 343 g/mol. The number of rotatable bonds is 3. The number of furan rings is 1. The molecule has 2 aromatic heterocycles. The van der Waals surface area contributed by atoms with Crippen molar-refractivity contribution in [1.29, 1.82) is 0 Å². The van der Waals surface area contributed by atoms with Gasteiger partial charge in [0.15, 0.2) is 5.76 Å². The van der Waals surface area contributed by atoms with Crippen LogP contribution in [0, 0.1) is 13.8 Å². The van der Waals surface area contributed by atoms with Crippen LogP contribution in [0.4, 0.5) is 0 Å². The summed E-state index contributed by atoms with van der Waals surface area (Å²) in [6.07, 6.45) is 0. The Kier molecular flexibility index (Phi) is 3.81. The van der Waals surface area contributed by atoms with E-state index in [0.717, 1.165) is 22.5 Å². The number of aromatic nitrogens is 1. The fourth-order valence-electron chi connectivity index (χ4n) is 3.07. The lowest BCUT2D eigenvalue weighted by atomic mass is 10.0. The van der Waals surface area contributed by atoms with Crippen molar-refractivity contribution in [3.63, 3.8) is 0 Å². The zero-order valence-electron chi connectivity index (χ0n) is 14.5. The molecule has 0 saturated heterocycles. The molecular weight excluding hydrogens is 326 g/mol. The Morgan fingerprint density at radius 2 is 1.69 bits per heavy atom. The molecule has 2 aromatic carbocycles. The van der Waals surface area contributed by atoms with Gasteiger partial charge in [0.2, 0.25) is 0 Å². The first kappa shape index (κ1) is 16.1. The van der Waals surface area contributed by atoms with Crippen LogP contribution in [0.5, 0.6) is 0 Å². The summed E-state index contributed by atoms with van der Waals surface area (Å²) in [7, 11) is 0. The normalized spacial score (nSPS) is 11.0. The third kappa shape index (κ3) is 2.86. The first-order valence-corrected chi connectivity index (χ1v) is 8.33. The lowest BCUT2D eigenvalue weighted by Gasteiger charge is -2.06. The van der Waals surface area contributed by atoms with E-state index in [1.165, 1.54) is 0 Å². The van der Waals surface area contributed by atoms with Crippen LogP contribution in [-0.2, 0) is 0 Å². The van der Waals surface area contributed by atoms with Crippen LogP contribution in [-0.4, -0.2) is 16.1 Å². The molecule has 0 aliphatic carbocycles. The highest BCUT2D eigenvalue weighted by atomic mass is 16.4. The van der Waals surface area contributed by atoms with E-state index in [9.17, 15) is 9.90 Å². The number of aryl methyl sites for hydroxylation is 2. The summed E-state index contributed by atoms with van der Waals surface area (Å²) in [5, 5.41) is 10.2. The number of pyridine rings is 1. The number of fused-ring (bicyclic) bond motifs is 1. The van der Waals surface area contributed by atoms with Crippen LogP contribution in [0.3, 0.4) is 0 Å². The molecule has 2 heterocycles. The summed E-state index contributed by atoms with van der Waals surface area (Å²) < 4.78 is 5.96. The van der Waals surface area contributed by atoms with Crippen molar-refractivity contribution in [2.75, 3.05) is 0 Å². The van der Waals surface area contributed by atoms with E-state index in [-0.39, 0.29) is 5.56 Å². The van der Waals surface area contributed by atoms with E-state index in [0.29, 0.717) is 22.4 Å². The zero-order valence-corrected chi connectivity index (χ0v) is 14.5. The Bertz CT molecular complexity index is 1140. The minimum absolute atomic E-state index is 0.224. The van der Waals surface area contributed by atoms with Gasteiger partial charge >= 0.3 is 5.97 Å². The number of carbonyl (C=O) groups is 1. The number of carboxylic acid groups (broad SMARTS) is 1. The lowest BCUT2D eigenvalue weighted by Crippen LogP contribution is -2.00. The van der Waals surface area contributed by atoms with Crippen LogP contribution in [0.2, 0.25) is 0 Å². The fourth-order valence-corrected chi connectivity index (χ4v) is 3.07. The van der Waals surface area contributed by atoms with Gasteiger partial charge in [-0.05, 0) is 50.2 Å². The lowest BCUT2D eigenvalue weighted by molar-refractivity contribution is 0.0699. The van der Waals surface area contributed by atoms with Crippen molar-refractivity contribution in [3.05, 3.63) is 77.4 Å². The molecule has 0 aliphatic rings. The molecular formula is C22H17NO3. The van der Waals surface area contributed by atoms with E-state index in [1.54, 1.807) is 6.07 Å². The Hall–Kier alpha value is -3.40. The summed E-state index contributed by atoms with van der Waals surface area (Å²) >= 11 is 0. The molecule has 0 unspecified atom stereocenters. The van der Waals surface area contributed by atoms with E-state index in [4.69, 9.17) is 4.42 Å². The second kappa shape index (κ2) is 6.15. The van der Waals surface area contributed by atoms with Gasteiger partial charge in [0, 0.05) is 10.9 Å². The van der Waals surface area contributed by atoms with Crippen molar-refractivity contribution < 1.29 is 14.3 Å². The number of benzene rings is 2. The third-order valence-electron chi connectivity index (χ3n) is 4.36. The molecule has 4 nitrogen and oxygen atoms in total. The van der Waals surface area contributed by atoms with Gasteiger partial charge in [-0.15, -0.1) is 0 Å². The molecule has 0 bridgehead atoms. The Labute approximate surface area is 150 Å². The van der Waals surface area contributed by atoms with E-state index >= 15 is 0 Å². The van der Waals surface area contributed by atoms with Crippen LogP contribution in [0.25, 0.3) is 33.7 Å². The first-order valence-electron chi connectivity index (χ1n) is 8.33. The van der Waals surface area contributed by atoms with Crippen LogP contribution in [0.15, 0.2) is 65.1 Å². The predicted molar refractivity (Wildman–Crippen MR) is 101 cm³/mol. The molecule has 0 fully saturated rings.